The van der Waals surface area contributed by atoms with Gasteiger partial charge < -0.3 is 20.6 Å². The molecule has 0 radical (unpaired) electrons. The molecule has 3 rings (SSSR count). The molecule has 7 heteroatoms. The van der Waals surface area contributed by atoms with Crippen molar-refractivity contribution in [1.29, 1.82) is 0 Å². The number of nitrogen functional groups attached to an aromatic ring is 1. The van der Waals surface area contributed by atoms with Gasteiger partial charge in [0.05, 0.1) is 31.2 Å². The Hall–Kier alpha value is -2.80. The third-order valence-corrected chi connectivity index (χ3v) is 3.26. The number of nitrogens with zero attached hydrogens (tertiary/aromatic N) is 2. The number of amides is 1. The minimum atomic E-state index is -0.483. The SMILES string of the molecule is NC(=O)COCCn1cc2cc(N)c(-c3ccoc3)cc2n1. The minimum absolute atomic E-state index is 0.0849. The fourth-order valence-electron chi connectivity index (χ4n) is 2.25. The van der Waals surface area contributed by atoms with Crippen LogP contribution in [0.25, 0.3) is 22.0 Å². The van der Waals surface area contributed by atoms with Crippen LogP contribution in [0, 0.1) is 0 Å². The lowest BCUT2D eigenvalue weighted by molar-refractivity contribution is -0.122. The van der Waals surface area contributed by atoms with Crippen molar-refractivity contribution in [1.82, 2.24) is 9.78 Å². The van der Waals surface area contributed by atoms with Gasteiger partial charge in [0.1, 0.15) is 6.61 Å². The molecule has 1 amide bonds. The van der Waals surface area contributed by atoms with Crippen LogP contribution in [0.3, 0.4) is 0 Å². The number of anilines is 1. The number of furan rings is 1. The zero-order chi connectivity index (χ0) is 15.5. The molecule has 0 spiro atoms. The number of ether oxygens (including phenoxy) is 1. The van der Waals surface area contributed by atoms with Gasteiger partial charge in [0.25, 0.3) is 0 Å². The quantitative estimate of drug-likeness (QED) is 0.528. The molecule has 0 atom stereocenters. The maximum absolute atomic E-state index is 10.6. The standard InChI is InChI=1S/C15H16N4O3/c16-13-5-11-7-19(2-4-22-9-15(17)20)18-14(11)6-12(13)10-1-3-21-8-10/h1,3,5-8H,2,4,9,16H2,(H2,17,20). The summed E-state index contributed by atoms with van der Waals surface area (Å²) in [6, 6.07) is 5.66. The maximum Gasteiger partial charge on any atom is 0.243 e. The molecular formula is C15H16N4O3. The number of hydrogen-bond acceptors (Lipinski definition) is 5. The number of benzene rings is 1. The summed E-state index contributed by atoms with van der Waals surface area (Å²) in [5.74, 6) is -0.483. The molecule has 0 saturated carbocycles. The van der Waals surface area contributed by atoms with Gasteiger partial charge in [-0.25, -0.2) is 0 Å². The molecule has 0 aliphatic carbocycles. The Balaban J connectivity index is 1.79. The van der Waals surface area contributed by atoms with Crippen LogP contribution < -0.4 is 11.5 Å². The molecule has 114 valence electrons. The van der Waals surface area contributed by atoms with Crippen molar-refractivity contribution in [3.05, 3.63) is 36.9 Å². The normalized spacial score (nSPS) is 11.1. The number of carbonyl (C=O) groups is 1. The first-order valence-electron chi connectivity index (χ1n) is 6.79. The first kappa shape index (κ1) is 14.2. The summed E-state index contributed by atoms with van der Waals surface area (Å²) in [6.45, 7) is 0.808. The molecular weight excluding hydrogens is 284 g/mol. The zero-order valence-corrected chi connectivity index (χ0v) is 11.9. The number of primary amides is 1. The number of aromatic nitrogens is 2. The van der Waals surface area contributed by atoms with Crippen molar-refractivity contribution < 1.29 is 13.9 Å². The van der Waals surface area contributed by atoms with Crippen LogP contribution in [0.1, 0.15) is 0 Å². The highest BCUT2D eigenvalue weighted by Crippen LogP contribution is 2.30. The predicted molar refractivity (Wildman–Crippen MR) is 81.9 cm³/mol. The number of hydrogen-bond donors (Lipinski definition) is 2. The van der Waals surface area contributed by atoms with E-state index in [-0.39, 0.29) is 6.61 Å². The van der Waals surface area contributed by atoms with E-state index in [0.717, 1.165) is 22.0 Å². The third-order valence-electron chi connectivity index (χ3n) is 3.26. The summed E-state index contributed by atoms with van der Waals surface area (Å²) in [5.41, 5.74) is 14.4. The minimum Gasteiger partial charge on any atom is -0.472 e. The van der Waals surface area contributed by atoms with Gasteiger partial charge in [0.2, 0.25) is 5.91 Å². The van der Waals surface area contributed by atoms with Crippen molar-refractivity contribution >= 4 is 22.5 Å². The Morgan fingerprint density at radius 1 is 1.41 bits per heavy atom. The van der Waals surface area contributed by atoms with Crippen molar-refractivity contribution in [3.8, 4) is 11.1 Å². The molecule has 4 N–H and O–H groups in total. The van der Waals surface area contributed by atoms with Gasteiger partial charge >= 0.3 is 0 Å². The van der Waals surface area contributed by atoms with Crippen LogP contribution in [0.5, 0.6) is 0 Å². The topological polar surface area (TPSA) is 109 Å². The highest BCUT2D eigenvalue weighted by Gasteiger charge is 2.09. The van der Waals surface area contributed by atoms with E-state index in [1.807, 2.05) is 24.4 Å². The van der Waals surface area contributed by atoms with E-state index in [9.17, 15) is 4.79 Å². The van der Waals surface area contributed by atoms with Crippen molar-refractivity contribution in [2.75, 3.05) is 18.9 Å². The van der Waals surface area contributed by atoms with Gasteiger partial charge in [-0.1, -0.05) is 0 Å². The van der Waals surface area contributed by atoms with E-state index in [1.165, 1.54) is 0 Å². The first-order chi connectivity index (χ1) is 10.6. The first-order valence-corrected chi connectivity index (χ1v) is 6.79. The Labute approximate surface area is 126 Å². The van der Waals surface area contributed by atoms with Crippen LogP contribution in [-0.4, -0.2) is 28.9 Å². The Bertz CT molecular complexity index is 793. The summed E-state index contributed by atoms with van der Waals surface area (Å²) in [7, 11) is 0. The summed E-state index contributed by atoms with van der Waals surface area (Å²) >= 11 is 0. The van der Waals surface area contributed by atoms with E-state index in [1.54, 1.807) is 17.2 Å². The lowest BCUT2D eigenvalue weighted by atomic mass is 10.1. The zero-order valence-electron chi connectivity index (χ0n) is 11.9. The largest absolute Gasteiger partial charge is 0.472 e. The number of fused-ring (bicyclic) bond motifs is 1. The molecule has 1 aromatic carbocycles. The molecule has 22 heavy (non-hydrogen) atoms. The fraction of sp³-hybridized carbons (Fsp3) is 0.200. The summed E-state index contributed by atoms with van der Waals surface area (Å²) in [4.78, 5) is 10.6. The highest BCUT2D eigenvalue weighted by atomic mass is 16.5. The lowest BCUT2D eigenvalue weighted by Crippen LogP contribution is -2.19. The third kappa shape index (κ3) is 2.94. The summed E-state index contributed by atoms with van der Waals surface area (Å²) in [5, 5.41) is 5.42. The van der Waals surface area contributed by atoms with E-state index in [4.69, 9.17) is 20.6 Å². The smallest absolute Gasteiger partial charge is 0.243 e. The Kier molecular flexibility index (Phi) is 3.80. The van der Waals surface area contributed by atoms with E-state index in [2.05, 4.69) is 5.10 Å². The van der Waals surface area contributed by atoms with Crippen LogP contribution in [0.15, 0.2) is 41.3 Å². The predicted octanol–water partition coefficient (Wildman–Crippen LogP) is 1.38. The fourth-order valence-corrected chi connectivity index (χ4v) is 2.25. The molecule has 3 aromatic rings. The van der Waals surface area contributed by atoms with Crippen LogP contribution in [0.2, 0.25) is 0 Å². The maximum atomic E-state index is 10.6. The van der Waals surface area contributed by atoms with Gasteiger partial charge in [0, 0.05) is 28.4 Å². The number of carbonyl (C=O) groups excluding carboxylic acids is 1. The van der Waals surface area contributed by atoms with Crippen molar-refractivity contribution in [2.24, 2.45) is 5.73 Å². The second-order valence-corrected chi connectivity index (χ2v) is 4.92. The van der Waals surface area contributed by atoms with Crippen molar-refractivity contribution in [3.63, 3.8) is 0 Å². The molecule has 0 aliphatic rings. The second kappa shape index (κ2) is 5.90. The summed E-state index contributed by atoms with van der Waals surface area (Å²) < 4.78 is 12.0. The lowest BCUT2D eigenvalue weighted by Gasteiger charge is -2.02. The molecule has 0 fully saturated rings. The van der Waals surface area contributed by atoms with Crippen LogP contribution in [0.4, 0.5) is 5.69 Å². The average Bonchev–Trinajstić information content (AvgIpc) is 3.11. The average molecular weight is 300 g/mol. The molecule has 2 aromatic heterocycles. The molecule has 0 bridgehead atoms. The van der Waals surface area contributed by atoms with E-state index in [0.29, 0.717) is 18.8 Å². The summed E-state index contributed by atoms with van der Waals surface area (Å²) in [6.07, 6.45) is 5.14. The molecule has 0 unspecified atom stereocenters. The second-order valence-electron chi connectivity index (χ2n) is 4.92. The van der Waals surface area contributed by atoms with Crippen LogP contribution >= 0.6 is 0 Å². The van der Waals surface area contributed by atoms with E-state index < -0.39 is 5.91 Å². The van der Waals surface area contributed by atoms with Gasteiger partial charge in [-0.15, -0.1) is 0 Å². The monoisotopic (exact) mass is 300 g/mol. The molecule has 2 heterocycles. The molecule has 0 saturated heterocycles. The van der Waals surface area contributed by atoms with Crippen LogP contribution in [-0.2, 0) is 16.1 Å². The van der Waals surface area contributed by atoms with Gasteiger partial charge in [0.15, 0.2) is 0 Å². The number of nitrogens with two attached hydrogens (primary N) is 2. The van der Waals surface area contributed by atoms with Gasteiger partial charge in [-0.05, 0) is 18.2 Å². The molecule has 7 nitrogen and oxygen atoms in total. The van der Waals surface area contributed by atoms with Crippen molar-refractivity contribution in [2.45, 2.75) is 6.54 Å². The van der Waals surface area contributed by atoms with E-state index >= 15 is 0 Å². The Morgan fingerprint density at radius 3 is 3.00 bits per heavy atom. The number of rotatable bonds is 6. The van der Waals surface area contributed by atoms with Gasteiger partial charge in [-0.3, -0.25) is 9.48 Å². The molecule has 0 aliphatic heterocycles. The Morgan fingerprint density at radius 2 is 2.27 bits per heavy atom. The highest BCUT2D eigenvalue weighted by molar-refractivity contribution is 5.91. The van der Waals surface area contributed by atoms with Gasteiger partial charge in [-0.2, -0.15) is 5.10 Å².